The summed E-state index contributed by atoms with van der Waals surface area (Å²) >= 11 is 0. The van der Waals surface area contributed by atoms with Crippen LogP contribution < -0.4 is 0 Å². The third-order valence-corrected chi connectivity index (χ3v) is 7.20. The van der Waals surface area contributed by atoms with Crippen LogP contribution in [0.1, 0.15) is 36.5 Å². The van der Waals surface area contributed by atoms with Crippen LogP contribution in [0.2, 0.25) is 0 Å². The van der Waals surface area contributed by atoms with E-state index < -0.39 is 10.0 Å². The second-order valence-corrected chi connectivity index (χ2v) is 9.11. The molecule has 2 aliphatic heterocycles. The molecular weight excluding hydrogens is 366 g/mol. The largest absolute Gasteiger partial charge is 0.340 e. The Morgan fingerprint density at radius 1 is 1.00 bits per heavy atom. The topological polar surface area (TPSA) is 78.0 Å². The van der Waals surface area contributed by atoms with E-state index in [9.17, 15) is 18.0 Å². The summed E-state index contributed by atoms with van der Waals surface area (Å²) in [4.78, 5) is 28.1. The Morgan fingerprint density at radius 3 is 2.30 bits per heavy atom. The fourth-order valence-electron chi connectivity index (χ4n) is 3.62. The number of carbonyl (C=O) groups excluding carboxylic acids is 2. The van der Waals surface area contributed by atoms with E-state index in [1.54, 1.807) is 17.0 Å². The normalized spacial score (nSPS) is 19.4. The Hall–Kier alpha value is -1.77. The molecule has 0 radical (unpaired) electrons. The fourth-order valence-corrected chi connectivity index (χ4v) is 5.09. The number of piperazine rings is 1. The lowest BCUT2D eigenvalue weighted by molar-refractivity contribution is -0.132. The SMILES string of the molecule is CC(=O)c1cccc(S(=O)(=O)N2CCN(C(=O)CCN3CCCC3)CC2)c1. The van der Waals surface area contributed by atoms with Crippen LogP contribution >= 0.6 is 0 Å². The van der Waals surface area contributed by atoms with Gasteiger partial charge in [0.25, 0.3) is 0 Å². The predicted octanol–water partition coefficient (Wildman–Crippen LogP) is 1.21. The summed E-state index contributed by atoms with van der Waals surface area (Å²) in [5.41, 5.74) is 0.381. The van der Waals surface area contributed by atoms with Gasteiger partial charge in [-0.05, 0) is 45.0 Å². The molecule has 2 fully saturated rings. The van der Waals surface area contributed by atoms with Crippen LogP contribution in [-0.4, -0.2) is 80.0 Å². The number of hydrogen-bond acceptors (Lipinski definition) is 5. The van der Waals surface area contributed by atoms with Crippen molar-refractivity contribution in [3.63, 3.8) is 0 Å². The third-order valence-electron chi connectivity index (χ3n) is 5.31. The van der Waals surface area contributed by atoms with Gasteiger partial charge in [0.15, 0.2) is 5.78 Å². The minimum Gasteiger partial charge on any atom is -0.340 e. The van der Waals surface area contributed by atoms with Crippen LogP contribution in [0.25, 0.3) is 0 Å². The summed E-state index contributed by atoms with van der Waals surface area (Å²) in [7, 11) is -3.66. The Balaban J connectivity index is 1.56. The van der Waals surface area contributed by atoms with Gasteiger partial charge in [0.1, 0.15) is 0 Å². The highest BCUT2D eigenvalue weighted by Gasteiger charge is 2.30. The van der Waals surface area contributed by atoms with E-state index in [-0.39, 0.29) is 29.7 Å². The highest BCUT2D eigenvalue weighted by molar-refractivity contribution is 7.89. The molecule has 0 saturated carbocycles. The van der Waals surface area contributed by atoms with Gasteiger partial charge in [0, 0.05) is 44.7 Å². The van der Waals surface area contributed by atoms with Gasteiger partial charge in [-0.1, -0.05) is 12.1 Å². The maximum Gasteiger partial charge on any atom is 0.243 e. The van der Waals surface area contributed by atoms with Crippen LogP contribution in [0.4, 0.5) is 0 Å². The quantitative estimate of drug-likeness (QED) is 0.679. The summed E-state index contributed by atoms with van der Waals surface area (Å²) in [5, 5.41) is 0. The molecule has 0 bridgehead atoms. The number of carbonyl (C=O) groups is 2. The Bertz CT molecular complexity index is 795. The second-order valence-electron chi connectivity index (χ2n) is 7.17. The van der Waals surface area contributed by atoms with Gasteiger partial charge < -0.3 is 9.80 Å². The molecule has 1 aromatic rings. The molecule has 1 aromatic carbocycles. The number of Topliss-reactive ketones (excluding diaryl/α,β-unsaturated/α-hetero) is 1. The molecule has 2 aliphatic rings. The number of rotatable bonds is 6. The molecule has 0 aliphatic carbocycles. The summed E-state index contributed by atoms with van der Waals surface area (Å²) in [6, 6.07) is 6.13. The van der Waals surface area contributed by atoms with E-state index in [4.69, 9.17) is 0 Å². The van der Waals surface area contributed by atoms with Gasteiger partial charge in [0.05, 0.1) is 4.90 Å². The summed E-state index contributed by atoms with van der Waals surface area (Å²) in [5.74, 6) is -0.0713. The standard InChI is InChI=1S/C19H27N3O4S/c1-16(23)17-5-4-6-18(15-17)27(25,26)22-13-11-21(12-14-22)19(24)7-10-20-8-2-3-9-20/h4-6,15H,2-3,7-14H2,1H3. The first kappa shape index (κ1) is 20.0. The molecule has 1 amide bonds. The molecule has 8 heteroatoms. The lowest BCUT2D eigenvalue weighted by atomic mass is 10.2. The highest BCUT2D eigenvalue weighted by atomic mass is 32.2. The van der Waals surface area contributed by atoms with Crippen molar-refractivity contribution in [3.05, 3.63) is 29.8 Å². The molecule has 0 aromatic heterocycles. The van der Waals surface area contributed by atoms with E-state index in [0.29, 0.717) is 25.1 Å². The van der Waals surface area contributed by atoms with Gasteiger partial charge in [-0.25, -0.2) is 8.42 Å². The Morgan fingerprint density at radius 2 is 1.67 bits per heavy atom. The average molecular weight is 394 g/mol. The van der Waals surface area contributed by atoms with Crippen molar-refractivity contribution in [2.75, 3.05) is 45.8 Å². The maximum absolute atomic E-state index is 12.8. The number of ketones is 1. The summed E-state index contributed by atoms with van der Waals surface area (Å²) < 4.78 is 27.1. The van der Waals surface area contributed by atoms with Crippen LogP contribution in [-0.2, 0) is 14.8 Å². The monoisotopic (exact) mass is 393 g/mol. The van der Waals surface area contributed by atoms with Gasteiger partial charge >= 0.3 is 0 Å². The first-order chi connectivity index (χ1) is 12.9. The van der Waals surface area contributed by atoms with Crippen molar-refractivity contribution in [2.45, 2.75) is 31.1 Å². The van der Waals surface area contributed by atoms with Gasteiger partial charge in [0.2, 0.25) is 15.9 Å². The number of sulfonamides is 1. The molecule has 148 valence electrons. The average Bonchev–Trinajstić information content (AvgIpc) is 3.20. The van der Waals surface area contributed by atoms with Crippen molar-refractivity contribution in [2.24, 2.45) is 0 Å². The minimum absolute atomic E-state index is 0.0949. The first-order valence-electron chi connectivity index (χ1n) is 9.49. The van der Waals surface area contributed by atoms with Gasteiger partial charge in [-0.2, -0.15) is 4.31 Å². The first-order valence-corrected chi connectivity index (χ1v) is 10.9. The number of nitrogens with zero attached hydrogens (tertiary/aromatic N) is 3. The van der Waals surface area contributed by atoms with Crippen LogP contribution in [0.15, 0.2) is 29.2 Å². The number of hydrogen-bond donors (Lipinski definition) is 0. The summed E-state index contributed by atoms with van der Waals surface area (Å²) in [6.07, 6.45) is 2.90. The number of benzene rings is 1. The summed E-state index contributed by atoms with van der Waals surface area (Å²) in [6.45, 7) is 5.71. The Labute approximate surface area is 161 Å². The molecule has 7 nitrogen and oxygen atoms in total. The van der Waals surface area contributed by atoms with E-state index in [1.807, 2.05) is 0 Å². The molecular formula is C19H27N3O4S. The van der Waals surface area contributed by atoms with E-state index in [0.717, 1.165) is 19.6 Å². The molecule has 27 heavy (non-hydrogen) atoms. The van der Waals surface area contributed by atoms with Crippen LogP contribution in [0, 0.1) is 0 Å². The zero-order valence-electron chi connectivity index (χ0n) is 15.8. The van der Waals surface area contributed by atoms with Gasteiger partial charge in [-0.3, -0.25) is 9.59 Å². The van der Waals surface area contributed by atoms with Gasteiger partial charge in [-0.15, -0.1) is 0 Å². The van der Waals surface area contributed by atoms with Crippen LogP contribution in [0.5, 0.6) is 0 Å². The smallest absolute Gasteiger partial charge is 0.243 e. The lowest BCUT2D eigenvalue weighted by Crippen LogP contribution is -2.50. The van der Waals surface area contributed by atoms with E-state index in [1.165, 1.54) is 36.2 Å². The molecule has 3 rings (SSSR count). The molecule has 2 heterocycles. The number of amides is 1. The highest BCUT2D eigenvalue weighted by Crippen LogP contribution is 2.19. The molecule has 2 saturated heterocycles. The predicted molar refractivity (Wildman–Crippen MR) is 102 cm³/mol. The second kappa shape index (κ2) is 8.50. The zero-order chi connectivity index (χ0) is 19.4. The fraction of sp³-hybridized carbons (Fsp3) is 0.579. The van der Waals surface area contributed by atoms with Crippen molar-refractivity contribution < 1.29 is 18.0 Å². The molecule has 0 unspecified atom stereocenters. The molecule has 0 N–H and O–H groups in total. The third kappa shape index (κ3) is 4.75. The number of likely N-dealkylation sites (tertiary alicyclic amines) is 1. The molecule has 0 spiro atoms. The Kier molecular flexibility index (Phi) is 6.29. The van der Waals surface area contributed by atoms with Crippen molar-refractivity contribution in [1.29, 1.82) is 0 Å². The van der Waals surface area contributed by atoms with E-state index >= 15 is 0 Å². The van der Waals surface area contributed by atoms with Crippen molar-refractivity contribution >= 4 is 21.7 Å². The maximum atomic E-state index is 12.8. The molecule has 0 atom stereocenters. The minimum atomic E-state index is -3.66. The van der Waals surface area contributed by atoms with E-state index in [2.05, 4.69) is 4.90 Å². The van der Waals surface area contributed by atoms with Crippen molar-refractivity contribution in [3.8, 4) is 0 Å². The zero-order valence-corrected chi connectivity index (χ0v) is 16.6. The van der Waals surface area contributed by atoms with Crippen LogP contribution in [0.3, 0.4) is 0 Å². The van der Waals surface area contributed by atoms with Crippen molar-refractivity contribution in [1.82, 2.24) is 14.1 Å². The lowest BCUT2D eigenvalue weighted by Gasteiger charge is -2.34.